The number of nitrogens with one attached hydrogen (secondary N) is 3. The van der Waals surface area contributed by atoms with Crippen LogP contribution < -0.4 is 16.0 Å². The van der Waals surface area contributed by atoms with Crippen molar-refractivity contribution in [2.75, 3.05) is 13.2 Å². The second kappa shape index (κ2) is 12.1. The Morgan fingerprint density at radius 1 is 0.839 bits per heavy atom. The molecule has 0 heterocycles. The molecule has 2 aromatic carbocycles. The first-order valence-corrected chi connectivity index (χ1v) is 9.97. The summed E-state index contributed by atoms with van der Waals surface area (Å²) in [6.07, 6.45) is -0.149. The van der Waals surface area contributed by atoms with Crippen molar-refractivity contribution in [3.63, 3.8) is 0 Å². The number of rotatable bonds is 10. The Hall–Kier alpha value is -3.68. The molecule has 0 fully saturated rings. The van der Waals surface area contributed by atoms with Crippen LogP contribution >= 0.6 is 0 Å². The molecular weight excluding hydrogens is 398 g/mol. The van der Waals surface area contributed by atoms with E-state index >= 15 is 0 Å². The van der Waals surface area contributed by atoms with Crippen molar-refractivity contribution in [3.8, 4) is 0 Å². The number of amides is 3. The lowest BCUT2D eigenvalue weighted by atomic mass is 10.0. The van der Waals surface area contributed by atoms with E-state index in [1.807, 2.05) is 6.07 Å². The van der Waals surface area contributed by atoms with Gasteiger partial charge in [0.05, 0.1) is 19.0 Å². The molecule has 0 aromatic heterocycles. The van der Waals surface area contributed by atoms with Gasteiger partial charge < -0.3 is 20.7 Å². The van der Waals surface area contributed by atoms with Gasteiger partial charge in [0.15, 0.2) is 6.61 Å². The molecule has 31 heavy (non-hydrogen) atoms. The third-order valence-corrected chi connectivity index (χ3v) is 4.17. The van der Waals surface area contributed by atoms with Gasteiger partial charge in [-0.1, -0.05) is 48.5 Å². The summed E-state index contributed by atoms with van der Waals surface area (Å²) in [5.74, 6) is -1.89. The summed E-state index contributed by atoms with van der Waals surface area (Å²) in [6.45, 7) is 2.90. The van der Waals surface area contributed by atoms with Crippen LogP contribution in [0.15, 0.2) is 60.7 Å². The molecule has 0 aliphatic heterocycles. The van der Waals surface area contributed by atoms with E-state index in [0.717, 1.165) is 5.56 Å². The first kappa shape index (κ1) is 23.6. The average molecular weight is 425 g/mol. The highest BCUT2D eigenvalue weighted by Crippen LogP contribution is 2.18. The number of carbonyl (C=O) groups is 4. The smallest absolute Gasteiger partial charge is 0.308 e. The molecule has 164 valence electrons. The van der Waals surface area contributed by atoms with Crippen LogP contribution in [-0.2, 0) is 19.1 Å². The Bertz CT molecular complexity index is 885. The zero-order valence-electron chi connectivity index (χ0n) is 17.6. The van der Waals surface area contributed by atoms with E-state index in [9.17, 15) is 19.2 Å². The van der Waals surface area contributed by atoms with Crippen LogP contribution in [0.25, 0.3) is 0 Å². The van der Waals surface area contributed by atoms with Crippen molar-refractivity contribution in [3.05, 3.63) is 71.8 Å². The number of hydrogen-bond acceptors (Lipinski definition) is 5. The van der Waals surface area contributed by atoms with Crippen LogP contribution in [0.4, 0.5) is 0 Å². The second-order valence-electron chi connectivity index (χ2n) is 7.17. The Morgan fingerprint density at radius 2 is 1.45 bits per heavy atom. The maximum atomic E-state index is 12.5. The molecule has 2 aromatic rings. The van der Waals surface area contributed by atoms with Gasteiger partial charge in [0.1, 0.15) is 0 Å². The number of carbonyl (C=O) groups excluding carboxylic acids is 4. The van der Waals surface area contributed by atoms with Crippen molar-refractivity contribution in [2.24, 2.45) is 0 Å². The summed E-state index contributed by atoms with van der Waals surface area (Å²) in [4.78, 5) is 48.2. The van der Waals surface area contributed by atoms with Crippen molar-refractivity contribution in [2.45, 2.75) is 32.4 Å². The fourth-order valence-corrected chi connectivity index (χ4v) is 2.74. The number of esters is 1. The Kier molecular flexibility index (Phi) is 9.22. The van der Waals surface area contributed by atoms with Crippen LogP contribution in [0.5, 0.6) is 0 Å². The summed E-state index contributed by atoms with van der Waals surface area (Å²) in [7, 11) is 0. The van der Waals surface area contributed by atoms with Gasteiger partial charge in [-0.25, -0.2) is 0 Å². The maximum absolute atomic E-state index is 12.5. The molecule has 0 saturated carbocycles. The van der Waals surface area contributed by atoms with Crippen LogP contribution in [-0.4, -0.2) is 42.9 Å². The van der Waals surface area contributed by atoms with E-state index < -0.39 is 24.5 Å². The molecule has 8 nitrogen and oxygen atoms in total. The normalized spacial score (nSPS) is 11.3. The topological polar surface area (TPSA) is 114 Å². The lowest BCUT2D eigenvalue weighted by Crippen LogP contribution is -2.41. The van der Waals surface area contributed by atoms with Gasteiger partial charge in [0.25, 0.3) is 11.8 Å². The van der Waals surface area contributed by atoms with E-state index in [4.69, 9.17) is 4.74 Å². The minimum Gasteiger partial charge on any atom is -0.456 e. The number of ether oxygens (including phenoxy) is 1. The summed E-state index contributed by atoms with van der Waals surface area (Å²) in [5.41, 5.74) is 1.20. The Morgan fingerprint density at radius 3 is 2.06 bits per heavy atom. The molecule has 0 spiro atoms. The van der Waals surface area contributed by atoms with Crippen molar-refractivity contribution >= 4 is 23.7 Å². The van der Waals surface area contributed by atoms with E-state index in [0.29, 0.717) is 5.56 Å². The van der Waals surface area contributed by atoms with Crippen LogP contribution in [0.2, 0.25) is 0 Å². The van der Waals surface area contributed by atoms with Gasteiger partial charge in [-0.15, -0.1) is 0 Å². The van der Waals surface area contributed by atoms with Crippen LogP contribution in [0.1, 0.15) is 42.2 Å². The molecule has 1 atom stereocenters. The van der Waals surface area contributed by atoms with Crippen molar-refractivity contribution in [1.29, 1.82) is 0 Å². The predicted octanol–water partition coefficient (Wildman–Crippen LogP) is 1.73. The highest BCUT2D eigenvalue weighted by atomic mass is 16.5. The lowest BCUT2D eigenvalue weighted by molar-refractivity contribution is -0.149. The van der Waals surface area contributed by atoms with Crippen LogP contribution in [0, 0.1) is 0 Å². The molecule has 0 bridgehead atoms. The molecule has 0 aliphatic carbocycles. The fourth-order valence-electron chi connectivity index (χ4n) is 2.74. The highest BCUT2D eigenvalue weighted by Gasteiger charge is 2.20. The summed E-state index contributed by atoms with van der Waals surface area (Å²) in [6, 6.07) is 17.0. The monoisotopic (exact) mass is 425 g/mol. The van der Waals surface area contributed by atoms with Gasteiger partial charge >= 0.3 is 5.97 Å². The standard InChI is InChI=1S/C23H27N3O5/c1-16(2)25-20(27)14-24-21(28)15-31-22(29)13-19(17-9-5-3-6-10-17)26-23(30)18-11-7-4-8-12-18/h3-12,16,19H,13-15H2,1-2H3,(H,24,28)(H,25,27)(H,26,30)/t19-/m0/s1. The highest BCUT2D eigenvalue weighted by molar-refractivity contribution is 5.94. The molecular formula is C23H27N3O5. The van der Waals surface area contributed by atoms with Gasteiger partial charge in [0.2, 0.25) is 5.91 Å². The first-order chi connectivity index (χ1) is 14.8. The van der Waals surface area contributed by atoms with Gasteiger partial charge in [-0.3, -0.25) is 19.2 Å². The fraction of sp³-hybridized carbons (Fsp3) is 0.304. The zero-order valence-corrected chi connectivity index (χ0v) is 17.6. The predicted molar refractivity (Wildman–Crippen MR) is 115 cm³/mol. The van der Waals surface area contributed by atoms with Gasteiger partial charge in [-0.05, 0) is 31.5 Å². The lowest BCUT2D eigenvalue weighted by Gasteiger charge is -2.19. The maximum Gasteiger partial charge on any atom is 0.308 e. The van der Waals surface area contributed by atoms with Gasteiger partial charge in [0, 0.05) is 11.6 Å². The second-order valence-corrected chi connectivity index (χ2v) is 7.17. The summed E-state index contributed by atoms with van der Waals surface area (Å²) in [5, 5.41) is 7.85. The molecule has 0 aliphatic rings. The molecule has 3 amide bonds. The third kappa shape index (κ3) is 8.69. The SMILES string of the molecule is CC(C)NC(=O)CNC(=O)COC(=O)C[C@H](NC(=O)c1ccccc1)c1ccccc1. The van der Waals surface area contributed by atoms with Crippen molar-refractivity contribution in [1.82, 2.24) is 16.0 Å². The molecule has 8 heteroatoms. The number of benzene rings is 2. The van der Waals surface area contributed by atoms with Crippen LogP contribution in [0.3, 0.4) is 0 Å². The molecule has 3 N–H and O–H groups in total. The molecule has 0 saturated heterocycles. The van der Waals surface area contributed by atoms with Crippen molar-refractivity contribution < 1.29 is 23.9 Å². The summed E-state index contributed by atoms with van der Waals surface area (Å²) < 4.78 is 5.02. The molecule has 0 unspecified atom stereocenters. The average Bonchev–Trinajstić information content (AvgIpc) is 2.76. The van der Waals surface area contributed by atoms with E-state index in [-0.39, 0.29) is 30.8 Å². The third-order valence-electron chi connectivity index (χ3n) is 4.17. The first-order valence-electron chi connectivity index (χ1n) is 9.97. The van der Waals surface area contributed by atoms with E-state index in [2.05, 4.69) is 16.0 Å². The minimum absolute atomic E-state index is 0.0387. The molecule has 2 rings (SSSR count). The molecule has 0 radical (unpaired) electrons. The quantitative estimate of drug-likeness (QED) is 0.502. The minimum atomic E-state index is -0.649. The van der Waals surface area contributed by atoms with E-state index in [1.54, 1.807) is 68.4 Å². The zero-order chi connectivity index (χ0) is 22.6. The number of hydrogen-bond donors (Lipinski definition) is 3. The van der Waals surface area contributed by atoms with E-state index in [1.165, 1.54) is 0 Å². The van der Waals surface area contributed by atoms with Gasteiger partial charge in [-0.2, -0.15) is 0 Å². The Labute approximate surface area is 181 Å². The summed E-state index contributed by atoms with van der Waals surface area (Å²) >= 11 is 0. The Balaban J connectivity index is 1.90. The largest absolute Gasteiger partial charge is 0.456 e.